The molecule has 1 aromatic heterocycles. The van der Waals surface area contributed by atoms with Crippen LogP contribution in [0.2, 0.25) is 0 Å². The number of alkyl halides is 3. The van der Waals surface area contributed by atoms with Gasteiger partial charge in [-0.05, 0) is 25.1 Å². The molecule has 2 rings (SSSR count). The van der Waals surface area contributed by atoms with Crippen molar-refractivity contribution in [2.75, 3.05) is 5.32 Å². The number of nitrogens with zero attached hydrogens (tertiary/aromatic N) is 1. The molecular weight excluding hydrogens is 292 g/mol. The molecular formula is C13H10F4N2O2. The second-order valence-corrected chi connectivity index (χ2v) is 4.30. The number of aromatic nitrogens is 1. The predicted octanol–water partition coefficient (Wildman–Crippen LogP) is 3.77. The van der Waals surface area contributed by atoms with Gasteiger partial charge in [0.2, 0.25) is 5.91 Å². The zero-order valence-electron chi connectivity index (χ0n) is 11.0. The number of carbonyl (C=O) groups excluding carboxylic acids is 1. The Morgan fingerprint density at radius 2 is 2.00 bits per heavy atom. The summed E-state index contributed by atoms with van der Waals surface area (Å²) in [7, 11) is 0. The smallest absolute Gasteiger partial charge is 0.438 e. The molecule has 1 N–H and O–H groups in total. The first-order valence-corrected chi connectivity index (χ1v) is 5.80. The highest BCUT2D eigenvalue weighted by molar-refractivity contribution is 5.89. The van der Waals surface area contributed by atoms with Crippen molar-refractivity contribution in [2.24, 2.45) is 0 Å². The fraction of sp³-hybridized carbons (Fsp3) is 0.231. The molecule has 21 heavy (non-hydrogen) atoms. The molecule has 0 radical (unpaired) electrons. The van der Waals surface area contributed by atoms with Crippen LogP contribution >= 0.6 is 0 Å². The number of rotatable bonds is 2. The summed E-state index contributed by atoms with van der Waals surface area (Å²) >= 11 is 0. The van der Waals surface area contributed by atoms with Crippen molar-refractivity contribution in [3.8, 4) is 11.3 Å². The van der Waals surface area contributed by atoms with Crippen LogP contribution in [0.3, 0.4) is 0 Å². The molecule has 8 heteroatoms. The number of benzene rings is 1. The van der Waals surface area contributed by atoms with Crippen molar-refractivity contribution in [3.63, 3.8) is 0 Å². The SMILES string of the molecule is CC(=O)Nc1ccc(-c2nc(C(F)(F)F)oc2C)c(F)c1. The van der Waals surface area contributed by atoms with E-state index in [1.807, 2.05) is 0 Å². The monoisotopic (exact) mass is 302 g/mol. The number of oxazole rings is 1. The van der Waals surface area contributed by atoms with Crippen LogP contribution in [0.4, 0.5) is 23.2 Å². The van der Waals surface area contributed by atoms with Gasteiger partial charge in [-0.3, -0.25) is 4.79 Å². The van der Waals surface area contributed by atoms with Crippen molar-refractivity contribution in [1.82, 2.24) is 4.98 Å². The van der Waals surface area contributed by atoms with Gasteiger partial charge in [-0.2, -0.15) is 13.2 Å². The van der Waals surface area contributed by atoms with E-state index in [1.165, 1.54) is 26.0 Å². The lowest BCUT2D eigenvalue weighted by Crippen LogP contribution is -2.06. The van der Waals surface area contributed by atoms with E-state index >= 15 is 0 Å². The second-order valence-electron chi connectivity index (χ2n) is 4.30. The van der Waals surface area contributed by atoms with E-state index in [-0.39, 0.29) is 28.6 Å². The minimum absolute atomic E-state index is 0.138. The van der Waals surface area contributed by atoms with Gasteiger partial charge in [0.1, 0.15) is 17.3 Å². The first-order chi connectivity index (χ1) is 9.68. The van der Waals surface area contributed by atoms with Gasteiger partial charge in [-0.25, -0.2) is 9.37 Å². The van der Waals surface area contributed by atoms with Gasteiger partial charge < -0.3 is 9.73 Å². The van der Waals surface area contributed by atoms with E-state index in [0.29, 0.717) is 0 Å². The quantitative estimate of drug-likeness (QED) is 0.859. The highest BCUT2D eigenvalue weighted by Crippen LogP contribution is 2.34. The maximum atomic E-state index is 14.0. The van der Waals surface area contributed by atoms with Gasteiger partial charge >= 0.3 is 12.1 Å². The lowest BCUT2D eigenvalue weighted by atomic mass is 10.1. The Balaban J connectivity index is 2.43. The van der Waals surface area contributed by atoms with Crippen molar-refractivity contribution in [1.29, 1.82) is 0 Å². The summed E-state index contributed by atoms with van der Waals surface area (Å²) in [6.07, 6.45) is -4.74. The van der Waals surface area contributed by atoms with E-state index in [0.717, 1.165) is 6.07 Å². The summed E-state index contributed by atoms with van der Waals surface area (Å²) in [6.45, 7) is 2.52. The molecule has 0 aliphatic heterocycles. The van der Waals surface area contributed by atoms with Crippen molar-refractivity contribution >= 4 is 11.6 Å². The first kappa shape index (κ1) is 15.0. The van der Waals surface area contributed by atoms with Crippen LogP contribution < -0.4 is 5.32 Å². The summed E-state index contributed by atoms with van der Waals surface area (Å²) in [5.41, 5.74) is -0.170. The Hall–Kier alpha value is -2.38. The molecule has 0 spiro atoms. The van der Waals surface area contributed by atoms with Crippen LogP contribution in [-0.4, -0.2) is 10.9 Å². The normalized spacial score (nSPS) is 11.5. The summed E-state index contributed by atoms with van der Waals surface area (Å²) in [6, 6.07) is 3.59. The van der Waals surface area contributed by atoms with Crippen LogP contribution in [-0.2, 0) is 11.0 Å². The van der Waals surface area contributed by atoms with Crippen LogP contribution in [0.15, 0.2) is 22.6 Å². The van der Waals surface area contributed by atoms with Gasteiger partial charge in [-0.1, -0.05) is 0 Å². The zero-order valence-corrected chi connectivity index (χ0v) is 11.0. The molecule has 0 bridgehead atoms. The molecule has 0 aliphatic rings. The molecule has 0 fully saturated rings. The number of anilines is 1. The summed E-state index contributed by atoms with van der Waals surface area (Å²) in [5, 5.41) is 2.37. The Morgan fingerprint density at radius 1 is 1.33 bits per heavy atom. The minimum Gasteiger partial charge on any atom is -0.438 e. The van der Waals surface area contributed by atoms with E-state index in [2.05, 4.69) is 14.7 Å². The predicted molar refractivity (Wildman–Crippen MR) is 65.9 cm³/mol. The second kappa shape index (κ2) is 5.19. The Bertz CT molecular complexity index is 692. The van der Waals surface area contributed by atoms with Crippen LogP contribution in [0.1, 0.15) is 18.6 Å². The lowest BCUT2D eigenvalue weighted by molar-refractivity contribution is -0.157. The van der Waals surface area contributed by atoms with Crippen molar-refractivity contribution in [3.05, 3.63) is 35.7 Å². The Labute approximate surface area is 116 Å². The van der Waals surface area contributed by atoms with Gasteiger partial charge in [-0.15, -0.1) is 0 Å². The number of hydrogen-bond donors (Lipinski definition) is 1. The van der Waals surface area contributed by atoms with E-state index in [1.54, 1.807) is 0 Å². The summed E-state index contributed by atoms with van der Waals surface area (Å²) < 4.78 is 56.0. The molecule has 4 nitrogen and oxygen atoms in total. The van der Waals surface area contributed by atoms with Crippen LogP contribution in [0.5, 0.6) is 0 Å². The minimum atomic E-state index is -4.74. The standard InChI is InChI=1S/C13H10F4N2O2/c1-6-11(19-12(21-6)13(15,16)17)9-4-3-8(5-10(9)14)18-7(2)20/h3-5H,1-2H3,(H,18,20). The maximum Gasteiger partial charge on any atom is 0.468 e. The molecule has 112 valence electrons. The van der Waals surface area contributed by atoms with Crippen LogP contribution in [0, 0.1) is 12.7 Å². The highest BCUT2D eigenvalue weighted by atomic mass is 19.4. The third kappa shape index (κ3) is 3.21. The number of carbonyl (C=O) groups is 1. The number of nitrogens with one attached hydrogen (secondary N) is 1. The average Bonchev–Trinajstić information content (AvgIpc) is 2.70. The molecule has 0 aliphatic carbocycles. The zero-order chi connectivity index (χ0) is 15.8. The lowest BCUT2D eigenvalue weighted by Gasteiger charge is -2.05. The van der Waals surface area contributed by atoms with Crippen LogP contribution in [0.25, 0.3) is 11.3 Å². The Morgan fingerprint density at radius 3 is 2.48 bits per heavy atom. The molecule has 1 heterocycles. The summed E-state index contributed by atoms with van der Waals surface area (Å²) in [5.74, 6) is -2.78. The molecule has 1 amide bonds. The molecule has 2 aromatic rings. The number of amides is 1. The number of halogens is 4. The Kier molecular flexibility index (Phi) is 3.71. The van der Waals surface area contributed by atoms with Gasteiger partial charge in [0.25, 0.3) is 0 Å². The van der Waals surface area contributed by atoms with Gasteiger partial charge in [0.05, 0.1) is 0 Å². The largest absolute Gasteiger partial charge is 0.468 e. The van der Waals surface area contributed by atoms with Crippen molar-refractivity contribution < 1.29 is 26.8 Å². The topological polar surface area (TPSA) is 55.1 Å². The fourth-order valence-electron chi connectivity index (χ4n) is 1.76. The molecule has 1 aromatic carbocycles. The van der Waals surface area contributed by atoms with Crippen molar-refractivity contribution in [2.45, 2.75) is 20.0 Å². The molecule has 0 atom stereocenters. The van der Waals surface area contributed by atoms with E-state index in [9.17, 15) is 22.4 Å². The fourth-order valence-corrected chi connectivity index (χ4v) is 1.76. The third-order valence-corrected chi connectivity index (χ3v) is 2.58. The van der Waals surface area contributed by atoms with Gasteiger partial charge in [0.15, 0.2) is 0 Å². The summed E-state index contributed by atoms with van der Waals surface area (Å²) in [4.78, 5) is 14.1. The number of aryl methyl sites for hydroxylation is 1. The number of hydrogen-bond acceptors (Lipinski definition) is 3. The van der Waals surface area contributed by atoms with E-state index < -0.39 is 17.9 Å². The molecule has 0 saturated heterocycles. The average molecular weight is 302 g/mol. The van der Waals surface area contributed by atoms with E-state index in [4.69, 9.17) is 0 Å². The first-order valence-electron chi connectivity index (χ1n) is 5.80. The maximum absolute atomic E-state index is 14.0. The molecule has 0 unspecified atom stereocenters. The molecule has 0 saturated carbocycles. The van der Waals surface area contributed by atoms with Gasteiger partial charge in [0, 0.05) is 18.2 Å². The third-order valence-electron chi connectivity index (χ3n) is 2.58. The highest BCUT2D eigenvalue weighted by Gasteiger charge is 2.38.